The van der Waals surface area contributed by atoms with Gasteiger partial charge in [-0.15, -0.1) is 0 Å². The molecule has 74 valence electrons. The third-order valence-electron chi connectivity index (χ3n) is 2.33. The molecule has 2 N–H and O–H groups in total. The van der Waals surface area contributed by atoms with Gasteiger partial charge in [-0.05, 0) is 12.3 Å². The third kappa shape index (κ3) is 2.96. The van der Waals surface area contributed by atoms with Crippen molar-refractivity contribution in [2.45, 2.75) is 32.4 Å². The Morgan fingerprint density at radius 2 is 1.58 bits per heavy atom. The molecule has 0 aliphatic carbocycles. The lowest BCUT2D eigenvalue weighted by atomic mass is 9.79. The topological polar surface area (TPSA) is 40.5 Å². The summed E-state index contributed by atoms with van der Waals surface area (Å²) in [4.78, 5) is 0. The third-order valence-corrected chi connectivity index (χ3v) is 2.88. The Hall–Kier alpha value is 0.270. The van der Waals surface area contributed by atoms with Crippen molar-refractivity contribution in [3.63, 3.8) is 0 Å². The Kier molecular flexibility index (Phi) is 5.21. The van der Waals surface area contributed by atoms with Gasteiger partial charge in [-0.1, -0.05) is 20.8 Å². The van der Waals surface area contributed by atoms with Crippen molar-refractivity contribution >= 4 is 12.6 Å². The van der Waals surface area contributed by atoms with E-state index in [0.717, 1.165) is 6.42 Å². The molecule has 0 rings (SSSR count). The normalized spacial score (nSPS) is 15.2. The minimum atomic E-state index is -0.419. The van der Waals surface area contributed by atoms with Crippen LogP contribution in [-0.4, -0.2) is 28.7 Å². The molecule has 0 heterocycles. The maximum Gasteiger partial charge on any atom is 0.0520 e. The van der Waals surface area contributed by atoms with Crippen LogP contribution in [0.15, 0.2) is 0 Å². The number of hydrogen-bond donors (Lipinski definition) is 3. The maximum absolute atomic E-state index is 9.19. The Labute approximate surface area is 80.4 Å². The van der Waals surface area contributed by atoms with Crippen LogP contribution in [0.25, 0.3) is 0 Å². The van der Waals surface area contributed by atoms with Crippen LogP contribution in [0.5, 0.6) is 0 Å². The van der Waals surface area contributed by atoms with E-state index < -0.39 is 5.41 Å². The molecule has 1 unspecified atom stereocenters. The van der Waals surface area contributed by atoms with Gasteiger partial charge in [0.25, 0.3) is 0 Å². The number of aliphatic hydroxyl groups is 2. The molecule has 3 heteroatoms. The lowest BCUT2D eigenvalue weighted by molar-refractivity contribution is 0.0388. The van der Waals surface area contributed by atoms with Crippen LogP contribution in [0.4, 0.5) is 0 Å². The van der Waals surface area contributed by atoms with Crippen molar-refractivity contribution in [3.05, 3.63) is 0 Å². The average Bonchev–Trinajstić information content (AvgIpc) is 1.99. The van der Waals surface area contributed by atoms with Gasteiger partial charge in [0.1, 0.15) is 0 Å². The van der Waals surface area contributed by atoms with Crippen LogP contribution in [0, 0.1) is 11.3 Å². The first kappa shape index (κ1) is 12.3. The average molecular weight is 192 g/mol. The molecule has 0 aromatic heterocycles. The minimum absolute atomic E-state index is 0.00630. The van der Waals surface area contributed by atoms with Gasteiger partial charge >= 0.3 is 0 Å². The summed E-state index contributed by atoms with van der Waals surface area (Å²) in [6.45, 7) is 6.09. The Morgan fingerprint density at radius 1 is 1.17 bits per heavy atom. The highest BCUT2D eigenvalue weighted by atomic mass is 32.1. The Morgan fingerprint density at radius 3 is 1.67 bits per heavy atom. The van der Waals surface area contributed by atoms with Crippen LogP contribution >= 0.6 is 12.6 Å². The monoisotopic (exact) mass is 192 g/mol. The van der Waals surface area contributed by atoms with Crippen molar-refractivity contribution in [1.29, 1.82) is 0 Å². The highest BCUT2D eigenvalue weighted by molar-refractivity contribution is 7.81. The molecule has 0 aromatic rings. The molecule has 0 bridgehead atoms. The summed E-state index contributed by atoms with van der Waals surface area (Å²) in [6.07, 6.45) is 0.810. The minimum Gasteiger partial charge on any atom is -0.396 e. The summed E-state index contributed by atoms with van der Waals surface area (Å²) >= 11 is 4.29. The molecule has 12 heavy (non-hydrogen) atoms. The van der Waals surface area contributed by atoms with E-state index in [4.69, 9.17) is 0 Å². The molecule has 2 nitrogen and oxygen atoms in total. The zero-order valence-electron chi connectivity index (χ0n) is 8.12. The summed E-state index contributed by atoms with van der Waals surface area (Å²) in [6, 6.07) is 0. The van der Waals surface area contributed by atoms with E-state index in [1.54, 1.807) is 0 Å². The second-order valence-electron chi connectivity index (χ2n) is 3.95. The van der Waals surface area contributed by atoms with Gasteiger partial charge in [0.05, 0.1) is 13.2 Å². The SMILES string of the molecule is CC(C)CC(CO)(CO)C(C)S. The number of thiol groups is 1. The quantitative estimate of drug-likeness (QED) is 0.575. The van der Waals surface area contributed by atoms with Crippen LogP contribution in [0.2, 0.25) is 0 Å². The summed E-state index contributed by atoms with van der Waals surface area (Å²) in [7, 11) is 0. The maximum atomic E-state index is 9.19. The summed E-state index contributed by atoms with van der Waals surface area (Å²) in [5.74, 6) is 0.471. The van der Waals surface area contributed by atoms with E-state index in [2.05, 4.69) is 26.5 Å². The predicted octanol–water partition coefficient (Wildman–Crippen LogP) is 1.32. The van der Waals surface area contributed by atoms with Crippen LogP contribution < -0.4 is 0 Å². The van der Waals surface area contributed by atoms with Crippen molar-refractivity contribution < 1.29 is 10.2 Å². The van der Waals surface area contributed by atoms with Gasteiger partial charge in [-0.2, -0.15) is 12.6 Å². The molecule has 0 fully saturated rings. The fourth-order valence-electron chi connectivity index (χ4n) is 1.43. The Bertz CT molecular complexity index is 120. The van der Waals surface area contributed by atoms with E-state index in [9.17, 15) is 10.2 Å². The largest absolute Gasteiger partial charge is 0.396 e. The van der Waals surface area contributed by atoms with E-state index >= 15 is 0 Å². The standard InChI is InChI=1S/C9H20O2S/c1-7(2)4-9(5-10,6-11)8(3)12/h7-8,10-12H,4-6H2,1-3H3. The molecule has 0 radical (unpaired) electrons. The predicted molar refractivity (Wildman–Crippen MR) is 54.5 cm³/mol. The van der Waals surface area contributed by atoms with Crippen LogP contribution in [0.3, 0.4) is 0 Å². The summed E-state index contributed by atoms with van der Waals surface area (Å²) in [5, 5.41) is 18.4. The highest BCUT2D eigenvalue weighted by Crippen LogP contribution is 2.32. The molecule has 0 amide bonds. The van der Waals surface area contributed by atoms with E-state index in [1.165, 1.54) is 0 Å². The lowest BCUT2D eigenvalue weighted by Crippen LogP contribution is -2.38. The van der Waals surface area contributed by atoms with Crippen molar-refractivity contribution in [2.75, 3.05) is 13.2 Å². The zero-order chi connectivity index (χ0) is 9.78. The highest BCUT2D eigenvalue weighted by Gasteiger charge is 2.33. The van der Waals surface area contributed by atoms with Crippen LogP contribution in [-0.2, 0) is 0 Å². The van der Waals surface area contributed by atoms with E-state index in [1.807, 2.05) is 6.92 Å². The van der Waals surface area contributed by atoms with Crippen molar-refractivity contribution in [1.82, 2.24) is 0 Å². The fourth-order valence-corrected chi connectivity index (χ4v) is 1.70. The zero-order valence-corrected chi connectivity index (χ0v) is 9.01. The van der Waals surface area contributed by atoms with E-state index in [-0.39, 0.29) is 18.5 Å². The first-order chi connectivity index (χ1) is 5.48. The molecule has 0 saturated carbocycles. The first-order valence-electron chi connectivity index (χ1n) is 4.38. The molecule has 0 aromatic carbocycles. The molecule has 0 spiro atoms. The smallest absolute Gasteiger partial charge is 0.0520 e. The molecular formula is C9H20O2S. The molecule has 0 saturated heterocycles. The van der Waals surface area contributed by atoms with Crippen molar-refractivity contribution in [3.8, 4) is 0 Å². The van der Waals surface area contributed by atoms with Gasteiger partial charge in [0.15, 0.2) is 0 Å². The van der Waals surface area contributed by atoms with Crippen molar-refractivity contribution in [2.24, 2.45) is 11.3 Å². The molecular weight excluding hydrogens is 172 g/mol. The number of aliphatic hydroxyl groups excluding tert-OH is 2. The molecule has 1 atom stereocenters. The summed E-state index contributed by atoms with van der Waals surface area (Å²) < 4.78 is 0. The first-order valence-corrected chi connectivity index (χ1v) is 4.90. The molecule has 0 aliphatic rings. The van der Waals surface area contributed by atoms with Gasteiger partial charge in [0.2, 0.25) is 0 Å². The Balaban J connectivity index is 4.35. The molecule has 0 aliphatic heterocycles. The lowest BCUT2D eigenvalue weighted by Gasteiger charge is -2.34. The number of hydrogen-bond acceptors (Lipinski definition) is 3. The van der Waals surface area contributed by atoms with Gasteiger partial charge in [-0.25, -0.2) is 0 Å². The fraction of sp³-hybridized carbons (Fsp3) is 1.00. The number of rotatable bonds is 5. The van der Waals surface area contributed by atoms with Crippen LogP contribution in [0.1, 0.15) is 27.2 Å². The second kappa shape index (κ2) is 5.10. The van der Waals surface area contributed by atoms with E-state index in [0.29, 0.717) is 5.92 Å². The second-order valence-corrected chi connectivity index (χ2v) is 4.73. The van der Waals surface area contributed by atoms with Gasteiger partial charge in [-0.3, -0.25) is 0 Å². The summed E-state index contributed by atoms with van der Waals surface area (Å²) in [5.41, 5.74) is -0.419. The van der Waals surface area contributed by atoms with Gasteiger partial charge < -0.3 is 10.2 Å². The van der Waals surface area contributed by atoms with Gasteiger partial charge in [0, 0.05) is 10.7 Å².